The lowest BCUT2D eigenvalue weighted by molar-refractivity contribution is 0.0162. The van der Waals surface area contributed by atoms with Crippen LogP contribution in [0, 0.1) is 6.92 Å². The summed E-state index contributed by atoms with van der Waals surface area (Å²) in [7, 11) is 2.17. The third kappa shape index (κ3) is 4.46. The molecule has 2 heterocycles. The molecule has 1 N–H and O–H groups in total. The number of fused-ring (bicyclic) bond motifs is 1. The highest BCUT2D eigenvalue weighted by molar-refractivity contribution is 5.95. The number of carbonyl (C=O) groups excluding carboxylic acids is 1. The van der Waals surface area contributed by atoms with E-state index in [1.807, 2.05) is 31.2 Å². The van der Waals surface area contributed by atoms with Gasteiger partial charge in [-0.1, -0.05) is 30.3 Å². The van der Waals surface area contributed by atoms with E-state index >= 15 is 0 Å². The summed E-state index contributed by atoms with van der Waals surface area (Å²) in [6.45, 7) is 6.97. The van der Waals surface area contributed by atoms with Crippen molar-refractivity contribution in [2.24, 2.45) is 0 Å². The van der Waals surface area contributed by atoms with Crippen molar-refractivity contribution < 1.29 is 9.53 Å². The van der Waals surface area contributed by atoms with Gasteiger partial charge in [-0.05, 0) is 48.6 Å². The first-order valence-corrected chi connectivity index (χ1v) is 10.6. The third-order valence-corrected chi connectivity index (χ3v) is 6.17. The van der Waals surface area contributed by atoms with Gasteiger partial charge in [-0.15, -0.1) is 0 Å². The normalized spacial score (nSPS) is 18.2. The van der Waals surface area contributed by atoms with Crippen LogP contribution in [0.4, 0.5) is 5.69 Å². The smallest absolute Gasteiger partial charge is 0.251 e. The third-order valence-electron chi connectivity index (χ3n) is 6.17. The second kappa shape index (κ2) is 8.97. The average molecular weight is 394 g/mol. The van der Waals surface area contributed by atoms with Gasteiger partial charge in [0.05, 0.1) is 19.3 Å². The number of nitrogens with zero attached hydrogens (tertiary/aromatic N) is 2. The Hall–Kier alpha value is -2.37. The number of nitrogens with one attached hydrogen (secondary N) is 1. The lowest BCUT2D eigenvalue weighted by Gasteiger charge is -2.36. The summed E-state index contributed by atoms with van der Waals surface area (Å²) in [6, 6.07) is 14.8. The van der Waals surface area contributed by atoms with E-state index < -0.39 is 0 Å². The van der Waals surface area contributed by atoms with Crippen molar-refractivity contribution in [3.05, 3.63) is 64.7 Å². The summed E-state index contributed by atoms with van der Waals surface area (Å²) < 4.78 is 5.57. The van der Waals surface area contributed by atoms with Crippen molar-refractivity contribution in [2.45, 2.75) is 25.8 Å². The van der Waals surface area contributed by atoms with Crippen LogP contribution in [0.5, 0.6) is 0 Å². The van der Waals surface area contributed by atoms with Crippen LogP contribution in [0.3, 0.4) is 0 Å². The number of benzene rings is 2. The Morgan fingerprint density at radius 1 is 1.14 bits per heavy atom. The molecule has 154 valence electrons. The maximum Gasteiger partial charge on any atom is 0.251 e. The van der Waals surface area contributed by atoms with Crippen LogP contribution in [-0.4, -0.2) is 57.2 Å². The van der Waals surface area contributed by atoms with Crippen molar-refractivity contribution in [3.8, 4) is 0 Å². The first-order chi connectivity index (χ1) is 14.1. The van der Waals surface area contributed by atoms with Crippen molar-refractivity contribution in [1.29, 1.82) is 0 Å². The molecule has 1 saturated heterocycles. The molecule has 4 rings (SSSR count). The van der Waals surface area contributed by atoms with Gasteiger partial charge in [0.1, 0.15) is 0 Å². The molecule has 0 saturated carbocycles. The van der Waals surface area contributed by atoms with Gasteiger partial charge in [0, 0.05) is 44.5 Å². The number of hydrogen-bond acceptors (Lipinski definition) is 4. The highest BCUT2D eigenvalue weighted by Crippen LogP contribution is 2.31. The van der Waals surface area contributed by atoms with Crippen LogP contribution in [0.15, 0.2) is 42.5 Å². The van der Waals surface area contributed by atoms with E-state index in [9.17, 15) is 4.79 Å². The molecule has 1 amide bonds. The van der Waals surface area contributed by atoms with E-state index in [-0.39, 0.29) is 11.9 Å². The van der Waals surface area contributed by atoms with Crippen molar-refractivity contribution in [3.63, 3.8) is 0 Å². The van der Waals surface area contributed by atoms with Crippen LogP contribution in [-0.2, 0) is 11.2 Å². The maximum atomic E-state index is 12.8. The fraction of sp³-hybridized carbons (Fsp3) is 0.458. The number of amides is 1. The Labute approximate surface area is 173 Å². The molecule has 2 aliphatic rings. The lowest BCUT2D eigenvalue weighted by Crippen LogP contribution is -2.44. The first-order valence-electron chi connectivity index (χ1n) is 10.6. The van der Waals surface area contributed by atoms with Gasteiger partial charge in [0.15, 0.2) is 0 Å². The zero-order valence-electron chi connectivity index (χ0n) is 17.5. The maximum absolute atomic E-state index is 12.8. The van der Waals surface area contributed by atoms with Crippen molar-refractivity contribution in [2.75, 3.05) is 51.3 Å². The Bertz CT molecular complexity index is 861. The SMILES string of the molecule is Cc1ccccc1C(=O)NC[C@@H](c1ccc2c(c1)CCCN2C)N1CCOCC1. The predicted octanol–water partition coefficient (Wildman–Crippen LogP) is 3.18. The number of carbonyl (C=O) groups is 1. The molecule has 29 heavy (non-hydrogen) atoms. The Morgan fingerprint density at radius 3 is 2.72 bits per heavy atom. The zero-order chi connectivity index (χ0) is 20.2. The summed E-state index contributed by atoms with van der Waals surface area (Å²) in [6.07, 6.45) is 2.32. The summed E-state index contributed by atoms with van der Waals surface area (Å²) in [5.41, 5.74) is 5.79. The van der Waals surface area contributed by atoms with Gasteiger partial charge < -0.3 is 15.0 Å². The largest absolute Gasteiger partial charge is 0.379 e. The van der Waals surface area contributed by atoms with E-state index in [2.05, 4.69) is 40.4 Å². The van der Waals surface area contributed by atoms with E-state index in [1.165, 1.54) is 23.2 Å². The quantitative estimate of drug-likeness (QED) is 0.848. The minimum Gasteiger partial charge on any atom is -0.379 e. The minimum absolute atomic E-state index is 0.000877. The molecule has 0 aliphatic carbocycles. The topological polar surface area (TPSA) is 44.8 Å². The van der Waals surface area contributed by atoms with E-state index in [0.717, 1.165) is 50.4 Å². The number of hydrogen-bond donors (Lipinski definition) is 1. The van der Waals surface area contributed by atoms with Gasteiger partial charge >= 0.3 is 0 Å². The second-order valence-electron chi connectivity index (χ2n) is 8.10. The molecule has 5 nitrogen and oxygen atoms in total. The molecule has 2 aromatic rings. The van der Waals surface area contributed by atoms with Crippen LogP contribution in [0.25, 0.3) is 0 Å². The summed E-state index contributed by atoms with van der Waals surface area (Å²) in [5, 5.41) is 3.19. The first kappa shape index (κ1) is 19.9. The summed E-state index contributed by atoms with van der Waals surface area (Å²) in [5.74, 6) is -0.000877. The monoisotopic (exact) mass is 393 g/mol. The number of rotatable bonds is 5. The van der Waals surface area contributed by atoms with E-state index in [0.29, 0.717) is 6.54 Å². The van der Waals surface area contributed by atoms with Gasteiger partial charge in [0.25, 0.3) is 5.91 Å². The van der Waals surface area contributed by atoms with Crippen molar-refractivity contribution >= 4 is 11.6 Å². The summed E-state index contributed by atoms with van der Waals surface area (Å²) in [4.78, 5) is 17.6. The Balaban J connectivity index is 1.55. The molecule has 0 spiro atoms. The van der Waals surface area contributed by atoms with Gasteiger partial charge in [-0.2, -0.15) is 0 Å². The van der Waals surface area contributed by atoms with Crippen LogP contribution in [0.2, 0.25) is 0 Å². The molecule has 2 aliphatic heterocycles. The molecule has 0 radical (unpaired) electrons. The Kier molecular flexibility index (Phi) is 6.16. The number of aryl methyl sites for hydroxylation is 2. The lowest BCUT2D eigenvalue weighted by atomic mass is 9.95. The average Bonchev–Trinajstić information content (AvgIpc) is 2.75. The fourth-order valence-electron chi connectivity index (χ4n) is 4.47. The summed E-state index contributed by atoms with van der Waals surface area (Å²) >= 11 is 0. The highest BCUT2D eigenvalue weighted by atomic mass is 16.5. The van der Waals surface area contributed by atoms with E-state index in [1.54, 1.807) is 0 Å². The molecule has 1 atom stereocenters. The Morgan fingerprint density at radius 2 is 1.93 bits per heavy atom. The molecule has 1 fully saturated rings. The second-order valence-corrected chi connectivity index (χ2v) is 8.10. The molecular weight excluding hydrogens is 362 g/mol. The van der Waals surface area contributed by atoms with E-state index in [4.69, 9.17) is 4.74 Å². The standard InChI is InChI=1S/C24H31N3O2/c1-18-6-3-4-8-21(18)24(28)25-17-23(27-12-14-29-15-13-27)20-9-10-22-19(16-20)7-5-11-26(22)2/h3-4,6,8-10,16,23H,5,7,11-15,17H2,1-2H3,(H,25,28)/t23-/m0/s1. The number of ether oxygens (including phenoxy) is 1. The van der Waals surface area contributed by atoms with Crippen LogP contribution >= 0.6 is 0 Å². The fourth-order valence-corrected chi connectivity index (χ4v) is 4.47. The number of morpholine rings is 1. The molecule has 0 unspecified atom stereocenters. The van der Waals surface area contributed by atoms with Gasteiger partial charge in [-0.3, -0.25) is 9.69 Å². The van der Waals surface area contributed by atoms with Gasteiger partial charge in [0.2, 0.25) is 0 Å². The molecule has 2 aromatic carbocycles. The zero-order valence-corrected chi connectivity index (χ0v) is 17.5. The predicted molar refractivity (Wildman–Crippen MR) is 117 cm³/mol. The molecular formula is C24H31N3O2. The van der Waals surface area contributed by atoms with Crippen molar-refractivity contribution in [1.82, 2.24) is 10.2 Å². The van der Waals surface area contributed by atoms with Crippen LogP contribution in [0.1, 0.15) is 39.5 Å². The molecule has 0 aromatic heterocycles. The van der Waals surface area contributed by atoms with Gasteiger partial charge in [-0.25, -0.2) is 0 Å². The highest BCUT2D eigenvalue weighted by Gasteiger charge is 2.25. The minimum atomic E-state index is -0.000877. The molecule has 5 heteroatoms. The molecule has 0 bridgehead atoms. The number of anilines is 1. The van der Waals surface area contributed by atoms with Crippen LogP contribution < -0.4 is 10.2 Å².